The summed E-state index contributed by atoms with van der Waals surface area (Å²) in [6.07, 6.45) is 2.59. The van der Waals surface area contributed by atoms with Crippen molar-refractivity contribution in [2.45, 2.75) is 46.1 Å². The molecule has 1 aromatic heterocycles. The lowest BCUT2D eigenvalue weighted by atomic mass is 9.95. The first-order valence-corrected chi connectivity index (χ1v) is 10.5. The van der Waals surface area contributed by atoms with E-state index >= 15 is 0 Å². The second kappa shape index (κ2) is 9.44. The molecular weight excluding hydrogens is 388 g/mol. The molecule has 7 heteroatoms. The Labute approximate surface area is 177 Å². The summed E-state index contributed by atoms with van der Waals surface area (Å²) in [5, 5.41) is 8.05. The zero-order valence-electron chi connectivity index (χ0n) is 17.4. The van der Waals surface area contributed by atoms with E-state index in [-0.39, 0.29) is 17.7 Å². The first-order valence-electron chi connectivity index (χ1n) is 10.1. The Morgan fingerprint density at radius 3 is 2.52 bits per heavy atom. The Bertz CT molecular complexity index is 885. The monoisotopic (exact) mass is 416 g/mol. The Kier molecular flexibility index (Phi) is 6.96. The van der Waals surface area contributed by atoms with Crippen LogP contribution >= 0.6 is 11.6 Å². The van der Waals surface area contributed by atoms with Gasteiger partial charge in [0.2, 0.25) is 11.8 Å². The molecule has 1 aliphatic rings. The summed E-state index contributed by atoms with van der Waals surface area (Å²) in [7, 11) is 1.93. The van der Waals surface area contributed by atoms with E-state index in [0.717, 1.165) is 22.5 Å². The van der Waals surface area contributed by atoms with Crippen LogP contribution in [0.5, 0.6) is 0 Å². The van der Waals surface area contributed by atoms with E-state index in [1.54, 1.807) is 0 Å². The van der Waals surface area contributed by atoms with Crippen molar-refractivity contribution in [1.82, 2.24) is 20.0 Å². The third kappa shape index (κ3) is 5.18. The summed E-state index contributed by atoms with van der Waals surface area (Å²) < 4.78 is 1.86. The molecular formula is C22H29ClN4O2. The van der Waals surface area contributed by atoms with Crippen LogP contribution in [0.15, 0.2) is 24.3 Å². The summed E-state index contributed by atoms with van der Waals surface area (Å²) >= 11 is 6.14. The quantitative estimate of drug-likeness (QED) is 0.786. The van der Waals surface area contributed by atoms with Crippen molar-refractivity contribution in [3.05, 3.63) is 51.8 Å². The van der Waals surface area contributed by atoms with Gasteiger partial charge in [-0.1, -0.05) is 29.8 Å². The zero-order valence-corrected chi connectivity index (χ0v) is 18.1. The van der Waals surface area contributed by atoms with Gasteiger partial charge in [-0.15, -0.1) is 0 Å². The number of nitrogens with zero attached hydrogens (tertiary/aromatic N) is 3. The van der Waals surface area contributed by atoms with Crippen LogP contribution in [0.1, 0.15) is 41.8 Å². The highest BCUT2D eigenvalue weighted by molar-refractivity contribution is 6.31. The number of aryl methyl sites for hydroxylation is 2. The Balaban J connectivity index is 1.44. The van der Waals surface area contributed by atoms with Crippen molar-refractivity contribution in [1.29, 1.82) is 0 Å². The fraction of sp³-hybridized carbons (Fsp3) is 0.500. The highest BCUT2D eigenvalue weighted by Gasteiger charge is 2.27. The topological polar surface area (TPSA) is 67.2 Å². The number of benzene rings is 1. The van der Waals surface area contributed by atoms with Crippen LogP contribution < -0.4 is 5.32 Å². The van der Waals surface area contributed by atoms with E-state index in [1.165, 1.54) is 0 Å². The number of halogens is 1. The van der Waals surface area contributed by atoms with Crippen LogP contribution in [0.4, 0.5) is 0 Å². The Morgan fingerprint density at radius 2 is 1.90 bits per heavy atom. The average Bonchev–Trinajstić information content (AvgIpc) is 2.96. The molecule has 2 aromatic rings. The van der Waals surface area contributed by atoms with Crippen LogP contribution in [0.25, 0.3) is 0 Å². The highest BCUT2D eigenvalue weighted by Crippen LogP contribution is 2.21. The number of rotatable bonds is 6. The van der Waals surface area contributed by atoms with E-state index in [1.807, 2.05) is 54.7 Å². The molecule has 1 N–H and O–H groups in total. The molecule has 0 spiro atoms. The smallest absolute Gasteiger partial charge is 0.223 e. The Morgan fingerprint density at radius 1 is 1.21 bits per heavy atom. The van der Waals surface area contributed by atoms with Gasteiger partial charge in [0.05, 0.1) is 5.69 Å². The minimum atomic E-state index is -0.0515. The first kappa shape index (κ1) is 21.4. The summed E-state index contributed by atoms with van der Waals surface area (Å²) in [5.41, 5.74) is 4.18. The van der Waals surface area contributed by atoms with Crippen molar-refractivity contribution < 1.29 is 9.59 Å². The van der Waals surface area contributed by atoms with Gasteiger partial charge < -0.3 is 10.2 Å². The molecule has 1 fully saturated rings. The maximum atomic E-state index is 12.6. The largest absolute Gasteiger partial charge is 0.352 e. The van der Waals surface area contributed by atoms with Gasteiger partial charge in [-0.2, -0.15) is 5.10 Å². The third-order valence-corrected chi connectivity index (χ3v) is 6.25. The predicted octanol–water partition coefficient (Wildman–Crippen LogP) is 3.18. The van der Waals surface area contributed by atoms with E-state index < -0.39 is 0 Å². The van der Waals surface area contributed by atoms with Crippen LogP contribution in [0.2, 0.25) is 5.02 Å². The minimum Gasteiger partial charge on any atom is -0.352 e. The average molecular weight is 417 g/mol. The van der Waals surface area contributed by atoms with Crippen LogP contribution in [0, 0.1) is 19.8 Å². The first-order chi connectivity index (χ1) is 13.9. The third-order valence-electron chi connectivity index (χ3n) is 5.88. The van der Waals surface area contributed by atoms with Gasteiger partial charge in [0.15, 0.2) is 0 Å². The summed E-state index contributed by atoms with van der Waals surface area (Å²) in [5.74, 6) is 0.144. The van der Waals surface area contributed by atoms with Gasteiger partial charge in [-0.25, -0.2) is 0 Å². The van der Waals surface area contributed by atoms with Gasteiger partial charge in [-0.3, -0.25) is 14.3 Å². The second-order valence-corrected chi connectivity index (χ2v) is 8.14. The predicted molar refractivity (Wildman–Crippen MR) is 114 cm³/mol. The normalized spacial score (nSPS) is 14.8. The molecule has 0 atom stereocenters. The number of amides is 2. The number of carbonyl (C=O) groups excluding carboxylic acids is 2. The lowest BCUT2D eigenvalue weighted by Crippen LogP contribution is -2.43. The lowest BCUT2D eigenvalue weighted by molar-refractivity contribution is -0.135. The van der Waals surface area contributed by atoms with E-state index in [9.17, 15) is 9.59 Å². The number of hydrogen-bond donors (Lipinski definition) is 1. The highest BCUT2D eigenvalue weighted by atomic mass is 35.5. The number of piperidine rings is 1. The molecule has 0 aliphatic carbocycles. The molecule has 0 unspecified atom stereocenters. The number of likely N-dealkylation sites (tertiary alicyclic amines) is 1. The molecule has 6 nitrogen and oxygen atoms in total. The molecule has 2 amide bonds. The fourth-order valence-corrected chi connectivity index (χ4v) is 4.13. The molecule has 29 heavy (non-hydrogen) atoms. The van der Waals surface area contributed by atoms with Gasteiger partial charge in [-0.05, 0) is 50.3 Å². The molecule has 0 bridgehead atoms. The molecule has 1 saturated heterocycles. The van der Waals surface area contributed by atoms with Crippen molar-refractivity contribution >= 4 is 23.4 Å². The molecule has 0 saturated carbocycles. The van der Waals surface area contributed by atoms with Crippen LogP contribution in [0.3, 0.4) is 0 Å². The summed E-state index contributed by atoms with van der Waals surface area (Å²) in [4.78, 5) is 27.0. The summed E-state index contributed by atoms with van der Waals surface area (Å²) in [6, 6.07) is 7.51. The molecule has 2 heterocycles. The number of aromatic nitrogens is 2. The van der Waals surface area contributed by atoms with Crippen molar-refractivity contribution in [2.75, 3.05) is 13.1 Å². The second-order valence-electron chi connectivity index (χ2n) is 7.74. The van der Waals surface area contributed by atoms with Gasteiger partial charge in [0, 0.05) is 49.7 Å². The molecule has 1 aliphatic heterocycles. The molecule has 156 valence electrons. The van der Waals surface area contributed by atoms with Crippen molar-refractivity contribution in [2.24, 2.45) is 13.0 Å². The lowest BCUT2D eigenvalue weighted by Gasteiger charge is -2.31. The van der Waals surface area contributed by atoms with Crippen molar-refractivity contribution in [3.8, 4) is 0 Å². The standard InChI is InChI=1S/C22H29ClN4O2/c1-15-19(16(2)26(3)25-15)8-9-21(28)27-12-10-17(11-13-27)22(29)24-14-18-6-4-5-7-20(18)23/h4-7,17H,8-14H2,1-3H3,(H,24,29). The molecule has 0 radical (unpaired) electrons. The van der Waals surface area contributed by atoms with E-state index in [0.29, 0.717) is 50.3 Å². The maximum Gasteiger partial charge on any atom is 0.223 e. The van der Waals surface area contributed by atoms with Crippen molar-refractivity contribution in [3.63, 3.8) is 0 Å². The minimum absolute atomic E-state index is 0.0404. The number of nitrogens with one attached hydrogen (secondary N) is 1. The maximum absolute atomic E-state index is 12.6. The Hall–Kier alpha value is -2.34. The zero-order chi connectivity index (χ0) is 21.0. The number of carbonyl (C=O) groups is 2. The van der Waals surface area contributed by atoms with Crippen LogP contribution in [-0.4, -0.2) is 39.6 Å². The molecule has 1 aromatic carbocycles. The van der Waals surface area contributed by atoms with E-state index in [2.05, 4.69) is 10.4 Å². The van der Waals surface area contributed by atoms with Gasteiger partial charge in [0.25, 0.3) is 0 Å². The fourth-order valence-electron chi connectivity index (χ4n) is 3.93. The van der Waals surface area contributed by atoms with Gasteiger partial charge in [0.1, 0.15) is 0 Å². The number of hydrogen-bond acceptors (Lipinski definition) is 3. The summed E-state index contributed by atoms with van der Waals surface area (Å²) in [6.45, 7) is 5.72. The van der Waals surface area contributed by atoms with Gasteiger partial charge >= 0.3 is 0 Å². The van der Waals surface area contributed by atoms with Crippen LogP contribution in [-0.2, 0) is 29.6 Å². The van der Waals surface area contributed by atoms with E-state index in [4.69, 9.17) is 11.6 Å². The SMILES string of the molecule is Cc1nn(C)c(C)c1CCC(=O)N1CCC(C(=O)NCc2ccccc2Cl)CC1. The molecule has 3 rings (SSSR count).